The lowest BCUT2D eigenvalue weighted by molar-refractivity contribution is 0.407. The molecule has 0 saturated heterocycles. The van der Waals surface area contributed by atoms with Crippen LogP contribution in [-0.4, -0.2) is 7.11 Å². The first-order chi connectivity index (χ1) is 8.52. The van der Waals surface area contributed by atoms with Crippen LogP contribution in [0.15, 0.2) is 24.3 Å². The van der Waals surface area contributed by atoms with E-state index in [1.807, 2.05) is 25.1 Å². The molecule has 0 bridgehead atoms. The van der Waals surface area contributed by atoms with Crippen LogP contribution < -0.4 is 10.5 Å². The molecule has 18 heavy (non-hydrogen) atoms. The van der Waals surface area contributed by atoms with Gasteiger partial charge in [-0.1, -0.05) is 17.7 Å². The molecule has 0 saturated carbocycles. The first-order valence-corrected chi connectivity index (χ1v) is 6.88. The standard InChI is InChI=1S/C14H16ClNOS/c1-8-6-9(2)13(10(7-8)17-3)14(16)11-4-5-12(15)18-11/h4-7,14H,16H2,1-3H3. The van der Waals surface area contributed by atoms with Crippen LogP contribution in [0.1, 0.15) is 27.6 Å². The minimum atomic E-state index is -0.196. The van der Waals surface area contributed by atoms with E-state index >= 15 is 0 Å². The lowest BCUT2D eigenvalue weighted by Gasteiger charge is -2.18. The van der Waals surface area contributed by atoms with Crippen molar-refractivity contribution in [3.8, 4) is 5.75 Å². The third-order valence-corrected chi connectivity index (χ3v) is 4.24. The zero-order valence-corrected chi connectivity index (χ0v) is 12.2. The highest BCUT2D eigenvalue weighted by atomic mass is 35.5. The summed E-state index contributed by atoms with van der Waals surface area (Å²) in [6, 6.07) is 7.77. The van der Waals surface area contributed by atoms with E-state index in [4.69, 9.17) is 22.1 Å². The molecule has 1 heterocycles. The SMILES string of the molecule is COc1cc(C)cc(C)c1C(N)c1ccc(Cl)s1. The molecule has 4 heteroatoms. The van der Waals surface area contributed by atoms with E-state index in [9.17, 15) is 0 Å². The van der Waals surface area contributed by atoms with Crippen LogP contribution >= 0.6 is 22.9 Å². The zero-order valence-electron chi connectivity index (χ0n) is 10.7. The second kappa shape index (κ2) is 5.31. The fourth-order valence-electron chi connectivity index (χ4n) is 2.14. The van der Waals surface area contributed by atoms with Gasteiger partial charge in [0.15, 0.2) is 0 Å². The van der Waals surface area contributed by atoms with Crippen molar-refractivity contribution in [1.29, 1.82) is 0 Å². The molecule has 0 spiro atoms. The lowest BCUT2D eigenvalue weighted by Crippen LogP contribution is -2.13. The number of hydrogen-bond acceptors (Lipinski definition) is 3. The van der Waals surface area contributed by atoms with Crippen molar-refractivity contribution in [3.05, 3.63) is 50.2 Å². The monoisotopic (exact) mass is 281 g/mol. The molecule has 1 atom stereocenters. The van der Waals surface area contributed by atoms with E-state index in [1.54, 1.807) is 7.11 Å². The second-order valence-corrected chi connectivity index (χ2v) is 6.06. The number of nitrogens with two attached hydrogens (primary N) is 1. The van der Waals surface area contributed by atoms with Crippen LogP contribution in [0, 0.1) is 13.8 Å². The molecule has 1 aromatic carbocycles. The van der Waals surface area contributed by atoms with E-state index in [0.717, 1.165) is 26.1 Å². The summed E-state index contributed by atoms with van der Waals surface area (Å²) in [7, 11) is 1.67. The largest absolute Gasteiger partial charge is 0.496 e. The maximum Gasteiger partial charge on any atom is 0.124 e. The van der Waals surface area contributed by atoms with Crippen LogP contribution in [-0.2, 0) is 0 Å². The number of aryl methyl sites for hydroxylation is 2. The molecule has 1 unspecified atom stereocenters. The topological polar surface area (TPSA) is 35.2 Å². The summed E-state index contributed by atoms with van der Waals surface area (Å²) in [5, 5.41) is 0. The van der Waals surface area contributed by atoms with Gasteiger partial charge in [-0.2, -0.15) is 0 Å². The van der Waals surface area contributed by atoms with E-state index in [1.165, 1.54) is 16.9 Å². The van der Waals surface area contributed by atoms with Crippen LogP contribution in [0.3, 0.4) is 0 Å². The van der Waals surface area contributed by atoms with E-state index in [-0.39, 0.29) is 6.04 Å². The number of rotatable bonds is 3. The molecule has 2 aromatic rings. The molecule has 0 aliphatic heterocycles. The van der Waals surface area contributed by atoms with Crippen molar-refractivity contribution >= 4 is 22.9 Å². The average Bonchev–Trinajstić information content (AvgIpc) is 2.74. The maximum atomic E-state index is 6.33. The Balaban J connectivity index is 2.50. The van der Waals surface area contributed by atoms with Crippen molar-refractivity contribution in [2.45, 2.75) is 19.9 Å². The van der Waals surface area contributed by atoms with Crippen molar-refractivity contribution < 1.29 is 4.74 Å². The Kier molecular flexibility index (Phi) is 3.95. The molecule has 2 rings (SSSR count). The Labute approximate surface area is 116 Å². The van der Waals surface area contributed by atoms with Gasteiger partial charge in [-0.3, -0.25) is 0 Å². The van der Waals surface area contributed by atoms with Crippen LogP contribution in [0.4, 0.5) is 0 Å². The Bertz CT molecular complexity index is 565. The summed E-state index contributed by atoms with van der Waals surface area (Å²) in [6.45, 7) is 4.10. The van der Waals surface area contributed by atoms with Gasteiger partial charge in [0.05, 0.1) is 17.5 Å². The highest BCUT2D eigenvalue weighted by Crippen LogP contribution is 2.36. The van der Waals surface area contributed by atoms with Gasteiger partial charge in [-0.25, -0.2) is 0 Å². The molecule has 1 aromatic heterocycles. The average molecular weight is 282 g/mol. The van der Waals surface area contributed by atoms with Gasteiger partial charge >= 0.3 is 0 Å². The van der Waals surface area contributed by atoms with Crippen molar-refractivity contribution in [3.63, 3.8) is 0 Å². The normalized spacial score (nSPS) is 12.5. The van der Waals surface area contributed by atoms with E-state index in [0.29, 0.717) is 0 Å². The van der Waals surface area contributed by atoms with Gasteiger partial charge in [0.2, 0.25) is 0 Å². The number of thiophene rings is 1. The lowest BCUT2D eigenvalue weighted by atomic mass is 9.97. The highest BCUT2D eigenvalue weighted by Gasteiger charge is 2.18. The van der Waals surface area contributed by atoms with Crippen molar-refractivity contribution in [2.24, 2.45) is 5.73 Å². The van der Waals surface area contributed by atoms with Gasteiger partial charge in [0, 0.05) is 10.4 Å². The van der Waals surface area contributed by atoms with E-state index < -0.39 is 0 Å². The fourth-order valence-corrected chi connectivity index (χ4v) is 3.22. The molecule has 2 N–H and O–H groups in total. The number of ether oxygens (including phenoxy) is 1. The Morgan fingerprint density at radius 2 is 2.00 bits per heavy atom. The summed E-state index contributed by atoms with van der Waals surface area (Å²) >= 11 is 7.47. The van der Waals surface area contributed by atoms with Crippen LogP contribution in [0.5, 0.6) is 5.75 Å². The molecule has 0 radical (unpaired) electrons. The van der Waals surface area contributed by atoms with Gasteiger partial charge in [0.25, 0.3) is 0 Å². The fraction of sp³-hybridized carbons (Fsp3) is 0.286. The summed E-state index contributed by atoms with van der Waals surface area (Å²) in [4.78, 5) is 1.05. The summed E-state index contributed by atoms with van der Waals surface area (Å²) in [5.74, 6) is 0.838. The molecule has 2 nitrogen and oxygen atoms in total. The Morgan fingerprint density at radius 3 is 2.56 bits per heavy atom. The predicted molar refractivity (Wildman–Crippen MR) is 77.8 cm³/mol. The third-order valence-electron chi connectivity index (χ3n) is 2.92. The first kappa shape index (κ1) is 13.4. The minimum Gasteiger partial charge on any atom is -0.496 e. The molecule has 0 fully saturated rings. The third kappa shape index (κ3) is 2.53. The van der Waals surface area contributed by atoms with Gasteiger partial charge in [0.1, 0.15) is 5.75 Å². The van der Waals surface area contributed by atoms with E-state index in [2.05, 4.69) is 13.0 Å². The van der Waals surface area contributed by atoms with Crippen LogP contribution in [0.2, 0.25) is 4.34 Å². The molecule has 0 amide bonds. The van der Waals surface area contributed by atoms with Crippen molar-refractivity contribution in [2.75, 3.05) is 7.11 Å². The summed E-state index contributed by atoms with van der Waals surface area (Å²) in [6.07, 6.45) is 0. The Morgan fingerprint density at radius 1 is 1.28 bits per heavy atom. The van der Waals surface area contributed by atoms with Gasteiger partial charge in [-0.05, 0) is 43.2 Å². The quantitative estimate of drug-likeness (QED) is 0.920. The van der Waals surface area contributed by atoms with Crippen LogP contribution in [0.25, 0.3) is 0 Å². The summed E-state index contributed by atoms with van der Waals surface area (Å²) in [5.41, 5.74) is 9.67. The number of benzene rings is 1. The second-order valence-electron chi connectivity index (χ2n) is 4.32. The number of hydrogen-bond donors (Lipinski definition) is 1. The molecule has 96 valence electrons. The zero-order chi connectivity index (χ0) is 13.3. The smallest absolute Gasteiger partial charge is 0.124 e. The minimum absolute atomic E-state index is 0.196. The molecular formula is C14H16ClNOS. The van der Waals surface area contributed by atoms with Gasteiger partial charge < -0.3 is 10.5 Å². The number of methoxy groups -OCH3 is 1. The predicted octanol–water partition coefficient (Wildman–Crippen LogP) is 4.08. The number of halogens is 1. The molecule has 0 aliphatic carbocycles. The molecule has 0 aliphatic rings. The summed E-state index contributed by atoms with van der Waals surface area (Å²) < 4.78 is 6.20. The Hall–Kier alpha value is -1.03. The molecular weight excluding hydrogens is 266 g/mol. The first-order valence-electron chi connectivity index (χ1n) is 5.69. The maximum absolute atomic E-state index is 6.33. The van der Waals surface area contributed by atoms with Gasteiger partial charge in [-0.15, -0.1) is 11.3 Å². The highest BCUT2D eigenvalue weighted by molar-refractivity contribution is 7.16. The van der Waals surface area contributed by atoms with Crippen molar-refractivity contribution in [1.82, 2.24) is 0 Å².